The van der Waals surface area contributed by atoms with Gasteiger partial charge in [0.05, 0.1) is 15.5 Å². The maximum absolute atomic E-state index is 13.4. The highest BCUT2D eigenvalue weighted by Crippen LogP contribution is 2.25. The number of nitro benzene ring substituents is 1. The molecule has 13 nitrogen and oxygen atoms in total. The molecule has 2 amide bonds. The molecule has 0 heterocycles. The van der Waals surface area contributed by atoms with E-state index in [1.165, 1.54) is 62.5 Å². The number of carbonyl (C=O) groups is 3. The number of hydrogen-bond acceptors (Lipinski definition) is 9. The minimum absolute atomic E-state index is 0.00821. The number of carbonyl (C=O) groups excluding carboxylic acids is 3. The number of sulfonamides is 1. The minimum atomic E-state index is -3.91. The summed E-state index contributed by atoms with van der Waals surface area (Å²) in [4.78, 5) is 44.9. The zero-order chi connectivity index (χ0) is 29.4. The Morgan fingerprint density at radius 2 is 1.57 bits per heavy atom. The number of rotatable bonds is 11. The molecule has 0 aliphatic heterocycles. The quantitative estimate of drug-likeness (QED) is 0.198. The number of esters is 1. The van der Waals surface area contributed by atoms with Gasteiger partial charge in [0.2, 0.25) is 11.7 Å². The van der Waals surface area contributed by atoms with Gasteiger partial charge in [-0.1, -0.05) is 0 Å². The fourth-order valence-electron chi connectivity index (χ4n) is 3.22. The molecule has 15 heteroatoms. The summed E-state index contributed by atoms with van der Waals surface area (Å²) in [6.45, 7) is 0.0496. The predicted molar refractivity (Wildman–Crippen MR) is 141 cm³/mol. The normalized spacial score (nSPS) is 10.8. The molecule has 0 saturated heterocycles. The number of benzene rings is 3. The zero-order valence-electron chi connectivity index (χ0n) is 21.1. The highest BCUT2D eigenvalue weighted by molar-refractivity contribution is 7.92. The van der Waals surface area contributed by atoms with Crippen molar-refractivity contribution in [2.24, 2.45) is 0 Å². The van der Waals surface area contributed by atoms with E-state index >= 15 is 0 Å². The van der Waals surface area contributed by atoms with E-state index in [1.807, 2.05) is 0 Å². The van der Waals surface area contributed by atoms with Crippen LogP contribution in [0.1, 0.15) is 6.92 Å². The number of nitrogens with one attached hydrogen (secondary N) is 2. The van der Waals surface area contributed by atoms with Gasteiger partial charge in [-0.15, -0.1) is 0 Å². The van der Waals surface area contributed by atoms with Crippen LogP contribution in [0.3, 0.4) is 0 Å². The lowest BCUT2D eigenvalue weighted by Crippen LogP contribution is -2.26. The van der Waals surface area contributed by atoms with E-state index in [4.69, 9.17) is 9.47 Å². The van der Waals surface area contributed by atoms with Crippen molar-refractivity contribution in [1.82, 2.24) is 0 Å². The second kappa shape index (κ2) is 12.7. The lowest BCUT2D eigenvalue weighted by atomic mass is 10.2. The van der Waals surface area contributed by atoms with Crippen molar-refractivity contribution in [3.05, 3.63) is 82.7 Å². The van der Waals surface area contributed by atoms with E-state index in [1.54, 1.807) is 0 Å². The summed E-state index contributed by atoms with van der Waals surface area (Å²) < 4.78 is 50.4. The average Bonchev–Trinajstić information content (AvgIpc) is 2.91. The van der Waals surface area contributed by atoms with E-state index < -0.39 is 51.5 Å². The van der Waals surface area contributed by atoms with E-state index in [0.29, 0.717) is 11.4 Å². The Hall–Kier alpha value is -5.05. The van der Waals surface area contributed by atoms with E-state index in [9.17, 15) is 37.3 Å². The molecule has 0 fully saturated rings. The van der Waals surface area contributed by atoms with Crippen LogP contribution in [-0.4, -0.2) is 51.4 Å². The first kappa shape index (κ1) is 29.5. The van der Waals surface area contributed by atoms with Crippen LogP contribution < -0.4 is 19.7 Å². The summed E-state index contributed by atoms with van der Waals surface area (Å²) in [5.41, 5.74) is -0.123. The predicted octanol–water partition coefficient (Wildman–Crippen LogP) is 3.08. The van der Waals surface area contributed by atoms with Crippen LogP contribution in [0, 0.1) is 15.9 Å². The van der Waals surface area contributed by atoms with Crippen molar-refractivity contribution in [1.29, 1.82) is 0 Å². The van der Waals surface area contributed by atoms with Crippen molar-refractivity contribution in [2.75, 3.05) is 35.2 Å². The molecule has 0 unspecified atom stereocenters. The first-order valence-electron chi connectivity index (χ1n) is 11.4. The molecular weight excluding hydrogens is 551 g/mol. The lowest BCUT2D eigenvalue weighted by molar-refractivity contribution is -0.387. The van der Waals surface area contributed by atoms with Crippen molar-refractivity contribution in [3.8, 4) is 5.75 Å². The summed E-state index contributed by atoms with van der Waals surface area (Å²) in [6, 6.07) is 14.2. The van der Waals surface area contributed by atoms with E-state index in [-0.39, 0.29) is 22.2 Å². The molecule has 0 bridgehead atoms. The standard InChI is InChI=1S/C25H23FN4O9S/c1-16(31)27-17-3-10-21(11-4-17)40(36,37)29(2)19-6-8-20(9-7-19)38-15-25(33)39-14-24(32)28-18-5-12-22(26)23(13-18)30(34)35/h3-13H,14-15H2,1-2H3,(H,27,31)(H,28,32). The number of hydrogen-bond donors (Lipinski definition) is 2. The number of ether oxygens (including phenoxy) is 2. The summed E-state index contributed by atoms with van der Waals surface area (Å²) in [7, 11) is -2.55. The van der Waals surface area contributed by atoms with Crippen LogP contribution >= 0.6 is 0 Å². The second-order valence-electron chi connectivity index (χ2n) is 8.09. The molecule has 0 atom stereocenters. The SMILES string of the molecule is CC(=O)Nc1ccc(S(=O)(=O)N(C)c2ccc(OCC(=O)OCC(=O)Nc3ccc(F)c([N+](=O)[O-])c3)cc2)cc1. The zero-order valence-corrected chi connectivity index (χ0v) is 21.9. The fraction of sp³-hybridized carbons (Fsp3) is 0.160. The molecule has 3 aromatic rings. The Kier molecular flexibility index (Phi) is 9.34. The third-order valence-electron chi connectivity index (χ3n) is 5.18. The van der Waals surface area contributed by atoms with Gasteiger partial charge in [-0.2, -0.15) is 4.39 Å². The number of nitro groups is 1. The van der Waals surface area contributed by atoms with Gasteiger partial charge in [-0.25, -0.2) is 13.2 Å². The third kappa shape index (κ3) is 7.73. The van der Waals surface area contributed by atoms with Gasteiger partial charge in [-0.05, 0) is 60.7 Å². The Labute approximate surface area is 227 Å². The highest BCUT2D eigenvalue weighted by Gasteiger charge is 2.21. The molecule has 0 aromatic heterocycles. The van der Waals surface area contributed by atoms with Crippen molar-refractivity contribution < 1.29 is 41.6 Å². The van der Waals surface area contributed by atoms with Crippen LogP contribution in [-0.2, 0) is 29.1 Å². The molecule has 0 aliphatic carbocycles. The molecule has 0 spiro atoms. The summed E-state index contributed by atoms with van der Waals surface area (Å²) in [6.07, 6.45) is 0. The molecular formula is C25H23FN4O9S. The Balaban J connectivity index is 1.50. The van der Waals surface area contributed by atoms with Gasteiger partial charge in [0.1, 0.15) is 5.75 Å². The number of halogens is 1. The van der Waals surface area contributed by atoms with Crippen LogP contribution in [0.15, 0.2) is 71.6 Å². The van der Waals surface area contributed by atoms with Gasteiger partial charge < -0.3 is 20.1 Å². The fourth-order valence-corrected chi connectivity index (χ4v) is 4.42. The monoisotopic (exact) mass is 574 g/mol. The number of nitrogens with zero attached hydrogens (tertiary/aromatic N) is 2. The molecule has 0 saturated carbocycles. The average molecular weight is 575 g/mol. The van der Waals surface area contributed by atoms with Crippen LogP contribution in [0.4, 0.5) is 27.1 Å². The largest absolute Gasteiger partial charge is 0.482 e. The van der Waals surface area contributed by atoms with Crippen LogP contribution in [0.5, 0.6) is 5.75 Å². The molecule has 0 radical (unpaired) electrons. The Morgan fingerprint density at radius 1 is 0.950 bits per heavy atom. The number of amides is 2. The van der Waals surface area contributed by atoms with Crippen LogP contribution in [0.25, 0.3) is 0 Å². The molecule has 40 heavy (non-hydrogen) atoms. The molecule has 3 rings (SSSR count). The smallest absolute Gasteiger partial charge is 0.344 e. The second-order valence-corrected chi connectivity index (χ2v) is 10.1. The summed E-state index contributed by atoms with van der Waals surface area (Å²) in [5, 5.41) is 15.6. The van der Waals surface area contributed by atoms with Crippen molar-refractivity contribution in [2.45, 2.75) is 11.8 Å². The lowest BCUT2D eigenvalue weighted by Gasteiger charge is -2.20. The topological polar surface area (TPSA) is 174 Å². The van der Waals surface area contributed by atoms with Crippen molar-refractivity contribution >= 4 is 50.6 Å². The number of anilines is 3. The van der Waals surface area contributed by atoms with Gasteiger partial charge in [-0.3, -0.25) is 24.0 Å². The maximum atomic E-state index is 13.4. The third-order valence-corrected chi connectivity index (χ3v) is 6.98. The first-order chi connectivity index (χ1) is 18.9. The van der Waals surface area contributed by atoms with Gasteiger partial charge in [0.25, 0.3) is 15.9 Å². The molecule has 3 aromatic carbocycles. The van der Waals surface area contributed by atoms with Gasteiger partial charge in [0, 0.05) is 31.4 Å². The Morgan fingerprint density at radius 3 is 2.17 bits per heavy atom. The van der Waals surface area contributed by atoms with Gasteiger partial charge >= 0.3 is 11.7 Å². The molecule has 210 valence electrons. The van der Waals surface area contributed by atoms with E-state index in [0.717, 1.165) is 22.5 Å². The first-order valence-corrected chi connectivity index (χ1v) is 12.8. The summed E-state index contributed by atoms with van der Waals surface area (Å²) >= 11 is 0. The Bertz CT molecular complexity index is 1530. The van der Waals surface area contributed by atoms with Crippen molar-refractivity contribution in [3.63, 3.8) is 0 Å². The van der Waals surface area contributed by atoms with E-state index in [2.05, 4.69) is 10.6 Å². The molecule has 0 aliphatic rings. The maximum Gasteiger partial charge on any atom is 0.344 e. The highest BCUT2D eigenvalue weighted by atomic mass is 32.2. The van der Waals surface area contributed by atoms with Gasteiger partial charge in [0.15, 0.2) is 13.2 Å². The summed E-state index contributed by atoms with van der Waals surface area (Å²) in [5.74, 6) is -2.85. The molecule has 2 N–H and O–H groups in total. The van der Waals surface area contributed by atoms with Crippen LogP contribution in [0.2, 0.25) is 0 Å². The minimum Gasteiger partial charge on any atom is -0.482 e.